The Balaban J connectivity index is 2.47. The summed E-state index contributed by atoms with van der Waals surface area (Å²) in [4.78, 5) is 3.15. The average Bonchev–Trinajstić information content (AvgIpc) is 2.41. The minimum atomic E-state index is 0.807. The van der Waals surface area contributed by atoms with Crippen LogP contribution < -0.4 is 0 Å². The zero-order chi connectivity index (χ0) is 8.72. The van der Waals surface area contributed by atoms with Crippen molar-refractivity contribution in [3.05, 3.63) is 21.4 Å². The molecule has 1 aliphatic rings. The molecule has 2 atom stereocenters. The molecule has 1 heteroatoms. The van der Waals surface area contributed by atoms with Gasteiger partial charge in [-0.15, -0.1) is 11.3 Å². The maximum atomic E-state index is 2.39. The van der Waals surface area contributed by atoms with Crippen molar-refractivity contribution in [3.63, 3.8) is 0 Å². The SMILES string of the molecule is Cc1cc2c(s1)[C@@H](C)CC[C@H]2C. The van der Waals surface area contributed by atoms with Gasteiger partial charge in [-0.1, -0.05) is 13.8 Å². The molecule has 1 aromatic rings. The second-order valence-corrected chi connectivity index (χ2v) is 5.34. The number of hydrogen-bond acceptors (Lipinski definition) is 1. The Morgan fingerprint density at radius 3 is 2.58 bits per heavy atom. The van der Waals surface area contributed by atoms with Crippen molar-refractivity contribution in [2.24, 2.45) is 0 Å². The number of hydrogen-bond donors (Lipinski definition) is 0. The number of rotatable bonds is 0. The summed E-state index contributed by atoms with van der Waals surface area (Å²) in [5, 5.41) is 0. The molecule has 0 saturated heterocycles. The molecule has 0 nitrogen and oxygen atoms in total. The summed E-state index contributed by atoms with van der Waals surface area (Å²) in [6, 6.07) is 2.39. The highest BCUT2D eigenvalue weighted by Gasteiger charge is 2.23. The Kier molecular flexibility index (Phi) is 1.99. The lowest BCUT2D eigenvalue weighted by molar-refractivity contribution is 0.536. The molecular weight excluding hydrogens is 164 g/mol. The second-order valence-electron chi connectivity index (χ2n) is 4.06. The van der Waals surface area contributed by atoms with Crippen LogP contribution in [0.2, 0.25) is 0 Å². The van der Waals surface area contributed by atoms with Crippen LogP contribution in [0.25, 0.3) is 0 Å². The van der Waals surface area contributed by atoms with Crippen LogP contribution in [0.1, 0.15) is 53.8 Å². The first kappa shape index (κ1) is 8.31. The topological polar surface area (TPSA) is 0 Å². The van der Waals surface area contributed by atoms with Crippen molar-refractivity contribution < 1.29 is 0 Å². The largest absolute Gasteiger partial charge is 0.145 e. The quantitative estimate of drug-likeness (QED) is 0.565. The van der Waals surface area contributed by atoms with E-state index in [1.54, 1.807) is 10.4 Å². The molecule has 0 saturated carbocycles. The van der Waals surface area contributed by atoms with Crippen LogP contribution >= 0.6 is 11.3 Å². The molecule has 0 radical (unpaired) electrons. The van der Waals surface area contributed by atoms with Crippen molar-refractivity contribution in [3.8, 4) is 0 Å². The zero-order valence-electron chi connectivity index (χ0n) is 8.05. The molecule has 0 spiro atoms. The van der Waals surface area contributed by atoms with Crippen LogP contribution in [0.3, 0.4) is 0 Å². The third kappa shape index (κ3) is 1.20. The normalized spacial score (nSPS) is 28.6. The van der Waals surface area contributed by atoms with Gasteiger partial charge in [0.2, 0.25) is 0 Å². The average molecular weight is 180 g/mol. The van der Waals surface area contributed by atoms with Crippen molar-refractivity contribution in [1.29, 1.82) is 0 Å². The molecule has 0 aromatic carbocycles. The van der Waals surface area contributed by atoms with Crippen LogP contribution in [0.15, 0.2) is 6.07 Å². The van der Waals surface area contributed by atoms with Gasteiger partial charge < -0.3 is 0 Å². The number of fused-ring (bicyclic) bond motifs is 1. The van der Waals surface area contributed by atoms with Gasteiger partial charge in [-0.3, -0.25) is 0 Å². The Hall–Kier alpha value is -0.300. The standard InChI is InChI=1S/C11H16S/c1-7-4-5-8(2)11-10(7)6-9(3)12-11/h6-8H,4-5H2,1-3H3/t7-,8+/m1/s1. The minimum Gasteiger partial charge on any atom is -0.145 e. The smallest absolute Gasteiger partial charge is 0.0111 e. The van der Waals surface area contributed by atoms with E-state index in [-0.39, 0.29) is 0 Å². The Bertz CT molecular complexity index is 258. The minimum absolute atomic E-state index is 0.807. The lowest BCUT2D eigenvalue weighted by atomic mass is 9.83. The van der Waals surface area contributed by atoms with Crippen LogP contribution in [0.5, 0.6) is 0 Å². The Labute approximate surface area is 78.6 Å². The van der Waals surface area contributed by atoms with Crippen molar-refractivity contribution in [2.45, 2.75) is 45.4 Å². The van der Waals surface area contributed by atoms with E-state index in [1.807, 2.05) is 11.3 Å². The molecule has 1 heterocycles. The highest BCUT2D eigenvalue weighted by molar-refractivity contribution is 7.12. The van der Waals surface area contributed by atoms with Crippen molar-refractivity contribution in [1.82, 2.24) is 0 Å². The summed E-state index contributed by atoms with van der Waals surface area (Å²) in [5.74, 6) is 1.62. The van der Waals surface area contributed by atoms with Gasteiger partial charge in [-0.25, -0.2) is 0 Å². The third-order valence-electron chi connectivity index (χ3n) is 2.93. The van der Waals surface area contributed by atoms with Crippen LogP contribution in [-0.4, -0.2) is 0 Å². The van der Waals surface area contributed by atoms with Gasteiger partial charge in [0.1, 0.15) is 0 Å². The summed E-state index contributed by atoms with van der Waals surface area (Å²) in [6.45, 7) is 6.94. The molecule has 0 fully saturated rings. The predicted molar refractivity (Wildman–Crippen MR) is 55.1 cm³/mol. The van der Waals surface area contributed by atoms with E-state index in [2.05, 4.69) is 26.8 Å². The monoisotopic (exact) mass is 180 g/mol. The predicted octanol–water partition coefficient (Wildman–Crippen LogP) is 4.06. The van der Waals surface area contributed by atoms with Gasteiger partial charge >= 0.3 is 0 Å². The molecule has 0 N–H and O–H groups in total. The highest BCUT2D eigenvalue weighted by Crippen LogP contribution is 2.42. The molecule has 1 aromatic heterocycles. The lowest BCUT2D eigenvalue weighted by Crippen LogP contribution is -2.06. The maximum Gasteiger partial charge on any atom is 0.0111 e. The van der Waals surface area contributed by atoms with E-state index >= 15 is 0 Å². The van der Waals surface area contributed by atoms with Crippen molar-refractivity contribution in [2.75, 3.05) is 0 Å². The molecule has 1 aliphatic carbocycles. The molecule has 0 aliphatic heterocycles. The zero-order valence-corrected chi connectivity index (χ0v) is 8.87. The molecular formula is C11H16S. The van der Waals surface area contributed by atoms with E-state index in [0.717, 1.165) is 11.8 Å². The van der Waals surface area contributed by atoms with Gasteiger partial charge in [0.25, 0.3) is 0 Å². The fraction of sp³-hybridized carbons (Fsp3) is 0.636. The summed E-state index contributed by atoms with van der Waals surface area (Å²) in [5.41, 5.74) is 1.64. The first-order valence-corrected chi connectivity index (χ1v) is 5.60. The van der Waals surface area contributed by atoms with E-state index in [4.69, 9.17) is 0 Å². The van der Waals surface area contributed by atoms with Crippen LogP contribution in [-0.2, 0) is 0 Å². The van der Waals surface area contributed by atoms with Gasteiger partial charge in [-0.05, 0) is 43.2 Å². The van der Waals surface area contributed by atoms with Gasteiger partial charge in [-0.2, -0.15) is 0 Å². The lowest BCUT2D eigenvalue weighted by Gasteiger charge is -2.23. The van der Waals surface area contributed by atoms with Crippen LogP contribution in [0, 0.1) is 6.92 Å². The van der Waals surface area contributed by atoms with Gasteiger partial charge in [0, 0.05) is 9.75 Å². The molecule has 12 heavy (non-hydrogen) atoms. The molecule has 2 rings (SSSR count). The Morgan fingerprint density at radius 1 is 1.25 bits per heavy atom. The van der Waals surface area contributed by atoms with E-state index < -0.39 is 0 Å². The second kappa shape index (κ2) is 2.88. The van der Waals surface area contributed by atoms with Gasteiger partial charge in [0.05, 0.1) is 0 Å². The fourth-order valence-corrected chi connectivity index (χ4v) is 3.34. The first-order chi connectivity index (χ1) is 5.68. The summed E-state index contributed by atoms with van der Waals surface area (Å²) in [6.07, 6.45) is 2.76. The number of aryl methyl sites for hydroxylation is 1. The fourth-order valence-electron chi connectivity index (χ4n) is 2.11. The Morgan fingerprint density at radius 2 is 1.92 bits per heavy atom. The first-order valence-electron chi connectivity index (χ1n) is 4.78. The summed E-state index contributed by atoms with van der Waals surface area (Å²) >= 11 is 2.00. The van der Waals surface area contributed by atoms with E-state index in [0.29, 0.717) is 0 Å². The summed E-state index contributed by atoms with van der Waals surface area (Å²) in [7, 11) is 0. The summed E-state index contributed by atoms with van der Waals surface area (Å²) < 4.78 is 0. The molecule has 0 amide bonds. The molecule has 0 bridgehead atoms. The molecule has 0 unspecified atom stereocenters. The van der Waals surface area contributed by atoms with Gasteiger partial charge in [0.15, 0.2) is 0 Å². The molecule has 66 valence electrons. The highest BCUT2D eigenvalue weighted by atomic mass is 32.1. The third-order valence-corrected chi connectivity index (χ3v) is 4.22. The van der Waals surface area contributed by atoms with E-state index in [9.17, 15) is 0 Å². The van der Waals surface area contributed by atoms with Crippen LogP contribution in [0.4, 0.5) is 0 Å². The van der Waals surface area contributed by atoms with Crippen molar-refractivity contribution >= 4 is 11.3 Å². The van der Waals surface area contributed by atoms with E-state index in [1.165, 1.54) is 17.7 Å². The maximum absolute atomic E-state index is 2.39. The number of thiophene rings is 1.